The van der Waals surface area contributed by atoms with Crippen LogP contribution in [0.2, 0.25) is 0 Å². The van der Waals surface area contributed by atoms with Crippen molar-refractivity contribution in [2.45, 2.75) is 5.22 Å². The molecule has 4 rings (SSSR count). The zero-order chi connectivity index (χ0) is 17.9. The van der Waals surface area contributed by atoms with Gasteiger partial charge in [0.05, 0.1) is 11.3 Å². The molecule has 0 unspecified atom stereocenters. The molecular weight excluding hydrogens is 361 g/mol. The number of anilines is 1. The Balaban J connectivity index is 1.36. The van der Waals surface area contributed by atoms with Crippen molar-refractivity contribution in [3.05, 3.63) is 48.3 Å². The van der Waals surface area contributed by atoms with Gasteiger partial charge in [-0.15, -0.1) is 10.2 Å². The first-order valence-corrected chi connectivity index (χ1v) is 8.58. The van der Waals surface area contributed by atoms with Crippen LogP contribution >= 0.6 is 11.8 Å². The largest absolute Gasteiger partial charge is 0.454 e. The molecule has 2 heterocycles. The van der Waals surface area contributed by atoms with Gasteiger partial charge in [-0.3, -0.25) is 4.79 Å². The molecule has 26 heavy (non-hydrogen) atoms. The fraction of sp³-hybridized carbons (Fsp3) is 0.118. The molecule has 1 amide bonds. The summed E-state index contributed by atoms with van der Waals surface area (Å²) in [5.41, 5.74) is 0.814. The minimum absolute atomic E-state index is 0.0628. The zero-order valence-electron chi connectivity index (χ0n) is 13.3. The Hall–Kier alpha value is -3.07. The topological polar surface area (TPSA) is 86.5 Å². The van der Waals surface area contributed by atoms with Crippen LogP contribution in [0, 0.1) is 5.82 Å². The number of rotatable bonds is 5. The highest BCUT2D eigenvalue weighted by atomic mass is 32.2. The number of halogens is 1. The van der Waals surface area contributed by atoms with Crippen LogP contribution in [0.3, 0.4) is 0 Å². The number of ether oxygens (including phenoxy) is 2. The summed E-state index contributed by atoms with van der Waals surface area (Å²) in [5.74, 6) is 0.660. The molecule has 0 aliphatic carbocycles. The van der Waals surface area contributed by atoms with Crippen LogP contribution in [-0.4, -0.2) is 28.7 Å². The number of fused-ring (bicyclic) bond motifs is 1. The number of carbonyl (C=O) groups excluding carboxylic acids is 1. The lowest BCUT2D eigenvalue weighted by atomic mass is 10.2. The fourth-order valence-electron chi connectivity index (χ4n) is 2.31. The van der Waals surface area contributed by atoms with E-state index >= 15 is 0 Å². The Morgan fingerprint density at radius 3 is 2.88 bits per heavy atom. The van der Waals surface area contributed by atoms with E-state index in [1.165, 1.54) is 6.07 Å². The van der Waals surface area contributed by atoms with Gasteiger partial charge in [0.25, 0.3) is 11.1 Å². The summed E-state index contributed by atoms with van der Waals surface area (Å²) in [6.45, 7) is 0.171. The van der Waals surface area contributed by atoms with E-state index in [1.807, 2.05) is 0 Å². The molecule has 0 radical (unpaired) electrons. The fourth-order valence-corrected chi connectivity index (χ4v) is 2.87. The van der Waals surface area contributed by atoms with Crippen LogP contribution in [0.15, 0.2) is 52.1 Å². The Bertz CT molecular complexity index is 963. The molecule has 132 valence electrons. The Morgan fingerprint density at radius 2 is 2.00 bits per heavy atom. The minimum Gasteiger partial charge on any atom is -0.454 e. The van der Waals surface area contributed by atoms with Crippen LogP contribution in [-0.2, 0) is 4.79 Å². The number of nitrogens with one attached hydrogen (secondary N) is 1. The summed E-state index contributed by atoms with van der Waals surface area (Å²) >= 11 is 1.06. The van der Waals surface area contributed by atoms with Gasteiger partial charge in [0.2, 0.25) is 12.7 Å². The van der Waals surface area contributed by atoms with Crippen LogP contribution in [0.1, 0.15) is 0 Å². The first kappa shape index (κ1) is 16.4. The smallest absolute Gasteiger partial charge is 0.277 e. The van der Waals surface area contributed by atoms with E-state index in [0.29, 0.717) is 17.2 Å². The molecule has 2 aromatic carbocycles. The molecule has 1 aromatic heterocycles. The highest BCUT2D eigenvalue weighted by Crippen LogP contribution is 2.34. The molecule has 9 heteroatoms. The van der Waals surface area contributed by atoms with Crippen molar-refractivity contribution in [2.24, 2.45) is 0 Å². The highest BCUT2D eigenvalue weighted by Gasteiger charge is 2.16. The summed E-state index contributed by atoms with van der Waals surface area (Å²) in [6, 6.07) is 11.2. The Kier molecular flexibility index (Phi) is 4.44. The lowest BCUT2D eigenvalue weighted by molar-refractivity contribution is -0.113. The Morgan fingerprint density at radius 1 is 1.15 bits per heavy atom. The van der Waals surface area contributed by atoms with Crippen molar-refractivity contribution >= 4 is 23.4 Å². The SMILES string of the molecule is O=C(CSc1nnc(-c2ccccc2F)o1)Nc1ccc2c(c1)OCO2. The molecule has 3 aromatic rings. The number of amides is 1. The number of hydrogen-bond acceptors (Lipinski definition) is 7. The molecule has 7 nitrogen and oxygen atoms in total. The van der Waals surface area contributed by atoms with Gasteiger partial charge in [0.15, 0.2) is 11.5 Å². The molecule has 0 saturated heterocycles. The first-order chi connectivity index (χ1) is 12.7. The molecule has 1 aliphatic rings. The molecule has 0 atom stereocenters. The summed E-state index contributed by atoms with van der Waals surface area (Å²) in [4.78, 5) is 12.1. The third-order valence-electron chi connectivity index (χ3n) is 3.49. The van der Waals surface area contributed by atoms with E-state index in [4.69, 9.17) is 13.9 Å². The van der Waals surface area contributed by atoms with Crippen molar-refractivity contribution in [1.82, 2.24) is 10.2 Å². The van der Waals surface area contributed by atoms with Crippen LogP contribution in [0.5, 0.6) is 11.5 Å². The second-order valence-corrected chi connectivity index (χ2v) is 6.18. The van der Waals surface area contributed by atoms with Gasteiger partial charge in [-0.2, -0.15) is 0 Å². The molecule has 1 aliphatic heterocycles. The van der Waals surface area contributed by atoms with E-state index < -0.39 is 5.82 Å². The van der Waals surface area contributed by atoms with Crippen molar-refractivity contribution in [3.63, 3.8) is 0 Å². The van der Waals surface area contributed by atoms with E-state index in [1.54, 1.807) is 36.4 Å². The second-order valence-electron chi connectivity index (χ2n) is 5.26. The predicted molar refractivity (Wildman–Crippen MR) is 91.6 cm³/mol. The normalized spacial score (nSPS) is 12.2. The maximum absolute atomic E-state index is 13.7. The average molecular weight is 373 g/mol. The minimum atomic E-state index is -0.451. The molecular formula is C17H12FN3O4S. The Labute approximate surface area is 151 Å². The van der Waals surface area contributed by atoms with Gasteiger partial charge in [-0.05, 0) is 24.3 Å². The van der Waals surface area contributed by atoms with E-state index in [2.05, 4.69) is 15.5 Å². The van der Waals surface area contributed by atoms with Crippen molar-refractivity contribution in [3.8, 4) is 23.0 Å². The maximum atomic E-state index is 13.7. The number of nitrogens with zero attached hydrogens (tertiary/aromatic N) is 2. The summed E-state index contributed by atoms with van der Waals surface area (Å²) in [6.07, 6.45) is 0. The molecule has 1 N–H and O–H groups in total. The van der Waals surface area contributed by atoms with Gasteiger partial charge >= 0.3 is 0 Å². The van der Waals surface area contributed by atoms with Crippen molar-refractivity contribution in [2.75, 3.05) is 17.9 Å². The number of aromatic nitrogens is 2. The number of carbonyl (C=O) groups is 1. The van der Waals surface area contributed by atoms with Gasteiger partial charge in [-0.25, -0.2) is 4.39 Å². The number of benzene rings is 2. The highest BCUT2D eigenvalue weighted by molar-refractivity contribution is 7.99. The number of thioether (sulfide) groups is 1. The lowest BCUT2D eigenvalue weighted by Crippen LogP contribution is -2.13. The number of hydrogen-bond donors (Lipinski definition) is 1. The third kappa shape index (κ3) is 3.47. The third-order valence-corrected chi connectivity index (χ3v) is 4.31. The average Bonchev–Trinajstić information content (AvgIpc) is 3.29. The first-order valence-electron chi connectivity index (χ1n) is 7.60. The monoisotopic (exact) mass is 373 g/mol. The predicted octanol–water partition coefficient (Wildman–Crippen LogP) is 3.34. The molecule has 0 fully saturated rings. The van der Waals surface area contributed by atoms with E-state index in [9.17, 15) is 9.18 Å². The van der Waals surface area contributed by atoms with Crippen molar-refractivity contribution < 1.29 is 23.1 Å². The van der Waals surface area contributed by atoms with E-state index in [-0.39, 0.29) is 35.1 Å². The van der Waals surface area contributed by atoms with E-state index in [0.717, 1.165) is 11.8 Å². The quantitative estimate of drug-likeness (QED) is 0.687. The lowest BCUT2D eigenvalue weighted by Gasteiger charge is -2.05. The van der Waals surface area contributed by atoms with Crippen LogP contribution < -0.4 is 14.8 Å². The van der Waals surface area contributed by atoms with Gasteiger partial charge in [0.1, 0.15) is 5.82 Å². The second kappa shape index (κ2) is 7.04. The standard InChI is InChI=1S/C17H12FN3O4S/c18-12-4-2-1-3-11(12)16-20-21-17(25-16)26-8-15(22)19-10-5-6-13-14(7-10)24-9-23-13/h1-7H,8-9H2,(H,19,22). The van der Waals surface area contributed by atoms with Gasteiger partial charge in [-0.1, -0.05) is 23.9 Å². The van der Waals surface area contributed by atoms with Crippen LogP contribution in [0.25, 0.3) is 11.5 Å². The zero-order valence-corrected chi connectivity index (χ0v) is 14.1. The van der Waals surface area contributed by atoms with Crippen molar-refractivity contribution in [1.29, 1.82) is 0 Å². The molecule has 0 bridgehead atoms. The van der Waals surface area contributed by atoms with Gasteiger partial charge < -0.3 is 19.2 Å². The summed E-state index contributed by atoms with van der Waals surface area (Å²) in [7, 11) is 0. The summed E-state index contributed by atoms with van der Waals surface area (Å²) < 4.78 is 29.6. The summed E-state index contributed by atoms with van der Waals surface area (Å²) in [5, 5.41) is 10.6. The van der Waals surface area contributed by atoms with Crippen LogP contribution in [0.4, 0.5) is 10.1 Å². The molecule has 0 spiro atoms. The maximum Gasteiger partial charge on any atom is 0.277 e. The molecule has 0 saturated carbocycles. The van der Waals surface area contributed by atoms with Gasteiger partial charge in [0, 0.05) is 11.8 Å².